The lowest BCUT2D eigenvalue weighted by atomic mass is 9.91. The monoisotopic (exact) mass is 292 g/mol. The van der Waals surface area contributed by atoms with Crippen molar-refractivity contribution in [2.45, 2.75) is 50.3 Å². The first-order chi connectivity index (χ1) is 9.56. The fourth-order valence-corrected chi connectivity index (χ4v) is 7.57. The van der Waals surface area contributed by atoms with E-state index in [0.29, 0.717) is 12.1 Å². The fraction of sp³-hybridized carbons (Fsp3) is 0.625. The van der Waals surface area contributed by atoms with Crippen molar-refractivity contribution in [2.24, 2.45) is 0 Å². The highest BCUT2D eigenvalue weighted by atomic mass is 31.2. The van der Waals surface area contributed by atoms with E-state index in [1.165, 1.54) is 31.2 Å². The Morgan fingerprint density at radius 2 is 1.55 bits per heavy atom. The summed E-state index contributed by atoms with van der Waals surface area (Å²) in [6, 6.07) is 11.3. The van der Waals surface area contributed by atoms with Gasteiger partial charge in [0.15, 0.2) is 0 Å². The highest BCUT2D eigenvalue weighted by molar-refractivity contribution is 7.64. The zero-order valence-electron chi connectivity index (χ0n) is 12.7. The molecule has 0 aromatic heterocycles. The third-order valence-corrected chi connectivity index (χ3v) is 9.05. The molecule has 3 atom stereocenters. The molecule has 0 spiro atoms. The number of hydrogen-bond acceptors (Lipinski definition) is 3. The zero-order valence-corrected chi connectivity index (χ0v) is 13.6. The molecule has 1 aliphatic carbocycles. The van der Waals surface area contributed by atoms with Crippen LogP contribution in [0.3, 0.4) is 0 Å². The van der Waals surface area contributed by atoms with Crippen molar-refractivity contribution in [3.05, 3.63) is 35.9 Å². The standard InChI is InChI=1S/C16H25N2OP/c1-13(14-9-5-4-6-10-14)20(19)17(2)15-11-7-8-12-16(15)18(20)3/h4-6,9-10,13,15-16H,7-8,11-12H2,1-3H3/t13-,15+,16+/m0/s1. The first-order valence-corrected chi connectivity index (χ1v) is 9.36. The fourth-order valence-electron chi connectivity index (χ4n) is 4.08. The molecule has 1 saturated heterocycles. The molecule has 1 aromatic carbocycles. The molecular formula is C16H25N2OP. The molecule has 0 radical (unpaired) electrons. The maximum atomic E-state index is 13.8. The highest BCUT2D eigenvalue weighted by Crippen LogP contribution is 2.72. The summed E-state index contributed by atoms with van der Waals surface area (Å²) in [7, 11) is 1.65. The molecule has 0 unspecified atom stereocenters. The summed E-state index contributed by atoms with van der Waals surface area (Å²) in [5, 5.41) is 0. The second-order valence-electron chi connectivity index (χ2n) is 6.24. The van der Waals surface area contributed by atoms with Crippen molar-refractivity contribution in [2.75, 3.05) is 14.1 Å². The smallest absolute Gasteiger partial charge is 0.119 e. The van der Waals surface area contributed by atoms with Gasteiger partial charge in [-0.25, -0.2) is 0 Å². The van der Waals surface area contributed by atoms with Crippen molar-refractivity contribution in [3.8, 4) is 0 Å². The van der Waals surface area contributed by atoms with Crippen LogP contribution in [-0.4, -0.2) is 35.5 Å². The Bertz CT molecular complexity index is 449. The Hall–Kier alpha value is -0.470. The second kappa shape index (κ2) is 5.38. The summed E-state index contributed by atoms with van der Waals surface area (Å²) >= 11 is 0. The van der Waals surface area contributed by atoms with Gasteiger partial charge in [-0.05, 0) is 25.3 Å². The van der Waals surface area contributed by atoms with E-state index in [1.54, 1.807) is 0 Å². The molecule has 1 aliphatic heterocycles. The Labute approximate surface area is 123 Å². The van der Waals surface area contributed by atoms with E-state index in [4.69, 9.17) is 0 Å². The summed E-state index contributed by atoms with van der Waals surface area (Å²) < 4.78 is 4.43. The highest BCUT2D eigenvalue weighted by Gasteiger charge is 2.58. The van der Waals surface area contributed by atoms with Crippen LogP contribution < -0.4 is 4.89 Å². The van der Waals surface area contributed by atoms with E-state index >= 15 is 0 Å². The number of hydrogen-bond donors (Lipinski definition) is 0. The SMILES string of the molecule is C[C@@H](c1ccccc1)[P+]1([O-])N(C)[C@@H]2CCCC[C@H]2N1C. The predicted molar refractivity (Wildman–Crippen MR) is 83.3 cm³/mol. The van der Waals surface area contributed by atoms with Gasteiger partial charge in [0.25, 0.3) is 0 Å². The number of nitrogens with zero attached hydrogens (tertiary/aromatic N) is 2. The molecule has 0 amide bonds. The molecule has 3 nitrogen and oxygen atoms in total. The van der Waals surface area contributed by atoms with Crippen LogP contribution in [0.5, 0.6) is 0 Å². The van der Waals surface area contributed by atoms with Crippen LogP contribution in [0.15, 0.2) is 30.3 Å². The molecule has 1 aromatic rings. The molecule has 20 heavy (non-hydrogen) atoms. The van der Waals surface area contributed by atoms with Gasteiger partial charge >= 0.3 is 0 Å². The summed E-state index contributed by atoms with van der Waals surface area (Å²) in [5.74, 6) is 0. The van der Waals surface area contributed by atoms with Gasteiger partial charge in [0, 0.05) is 14.1 Å². The van der Waals surface area contributed by atoms with Crippen molar-refractivity contribution >= 4 is 7.79 Å². The summed E-state index contributed by atoms with van der Waals surface area (Å²) in [4.78, 5) is 13.8. The lowest BCUT2D eigenvalue weighted by molar-refractivity contribution is -0.191. The van der Waals surface area contributed by atoms with Gasteiger partial charge in [0.1, 0.15) is 13.4 Å². The predicted octanol–water partition coefficient (Wildman–Crippen LogP) is 3.06. The third kappa shape index (κ3) is 2.03. The topological polar surface area (TPSA) is 29.5 Å². The third-order valence-electron chi connectivity index (χ3n) is 5.34. The first kappa shape index (κ1) is 14.5. The van der Waals surface area contributed by atoms with Gasteiger partial charge in [0.2, 0.25) is 0 Å². The summed E-state index contributed by atoms with van der Waals surface area (Å²) in [6.45, 7) is 2.13. The molecule has 0 N–H and O–H groups in total. The number of fused-ring (bicyclic) bond motifs is 1. The van der Waals surface area contributed by atoms with Gasteiger partial charge in [-0.2, -0.15) is 9.34 Å². The molecule has 4 heteroatoms. The van der Waals surface area contributed by atoms with Crippen LogP contribution in [0.25, 0.3) is 0 Å². The number of rotatable bonds is 2. The minimum Gasteiger partial charge on any atom is -0.650 e. The average Bonchev–Trinajstić information content (AvgIpc) is 2.71. The van der Waals surface area contributed by atoms with Crippen LogP contribution in [0.2, 0.25) is 0 Å². The molecule has 110 valence electrons. The minimum absolute atomic E-state index is 0.0734. The van der Waals surface area contributed by atoms with E-state index < -0.39 is 7.79 Å². The van der Waals surface area contributed by atoms with Crippen LogP contribution in [0.4, 0.5) is 0 Å². The Morgan fingerprint density at radius 1 is 1.05 bits per heavy atom. The lowest BCUT2D eigenvalue weighted by Gasteiger charge is -2.42. The second-order valence-corrected chi connectivity index (χ2v) is 9.46. The first-order valence-electron chi connectivity index (χ1n) is 7.68. The Balaban J connectivity index is 1.94. The molecule has 0 bridgehead atoms. The number of likely N-dealkylation sites (N-methyl/N-ethyl adjacent to an activating group) is 2. The molecule has 1 heterocycles. The van der Waals surface area contributed by atoms with Gasteiger partial charge in [0.05, 0.1) is 12.1 Å². The lowest BCUT2D eigenvalue weighted by Crippen LogP contribution is -2.37. The maximum absolute atomic E-state index is 13.8. The minimum atomic E-state index is -2.50. The molecule has 2 fully saturated rings. The average molecular weight is 292 g/mol. The maximum Gasteiger partial charge on any atom is 0.119 e. The van der Waals surface area contributed by atoms with Crippen molar-refractivity contribution in [1.82, 2.24) is 9.34 Å². The Morgan fingerprint density at radius 3 is 2.05 bits per heavy atom. The molecular weight excluding hydrogens is 267 g/mol. The van der Waals surface area contributed by atoms with Crippen molar-refractivity contribution in [3.63, 3.8) is 0 Å². The van der Waals surface area contributed by atoms with Crippen molar-refractivity contribution < 1.29 is 4.89 Å². The van der Waals surface area contributed by atoms with Crippen LogP contribution >= 0.6 is 7.79 Å². The van der Waals surface area contributed by atoms with Gasteiger partial charge in [-0.1, -0.05) is 43.2 Å². The molecule has 3 rings (SSSR count). The van der Waals surface area contributed by atoms with Crippen molar-refractivity contribution in [1.29, 1.82) is 0 Å². The van der Waals surface area contributed by atoms with E-state index in [2.05, 4.69) is 42.5 Å². The van der Waals surface area contributed by atoms with Gasteiger partial charge in [-0.15, -0.1) is 0 Å². The van der Waals surface area contributed by atoms with Crippen LogP contribution in [-0.2, 0) is 0 Å². The van der Waals surface area contributed by atoms with E-state index in [-0.39, 0.29) is 5.66 Å². The van der Waals surface area contributed by atoms with Crippen LogP contribution in [0.1, 0.15) is 43.8 Å². The van der Waals surface area contributed by atoms with E-state index in [1.807, 2.05) is 18.2 Å². The molecule has 1 saturated carbocycles. The normalized spacial score (nSPS) is 32.0. The summed E-state index contributed by atoms with van der Waals surface area (Å²) in [5.41, 5.74) is 1.26. The Kier molecular flexibility index (Phi) is 3.89. The number of benzene rings is 1. The van der Waals surface area contributed by atoms with Gasteiger partial charge < -0.3 is 4.89 Å². The van der Waals surface area contributed by atoms with Gasteiger partial charge in [-0.3, -0.25) is 0 Å². The summed E-state index contributed by atoms with van der Waals surface area (Å²) in [6.07, 6.45) is 4.94. The van der Waals surface area contributed by atoms with E-state index in [9.17, 15) is 4.89 Å². The van der Waals surface area contributed by atoms with E-state index in [0.717, 1.165) is 0 Å². The largest absolute Gasteiger partial charge is 0.650 e. The zero-order chi connectivity index (χ0) is 14.3. The molecule has 2 aliphatic rings. The quantitative estimate of drug-likeness (QED) is 0.785. The van der Waals surface area contributed by atoms with Crippen LogP contribution in [0, 0.1) is 0 Å².